The second-order valence-electron chi connectivity index (χ2n) is 12.5. The number of hydrogen-bond acceptors (Lipinski definition) is 4. The lowest BCUT2D eigenvalue weighted by molar-refractivity contribution is 0.0272. The monoisotopic (exact) mass is 604 g/mol. The summed E-state index contributed by atoms with van der Waals surface area (Å²) in [6, 6.07) is 35.5. The molecule has 2 unspecified atom stereocenters. The standard InChI is InChI=1S/C40H36N4O2/c1-25-13-17-29(18-14-25)37-21-33(31-9-5-7-11-35(31)41-37)39(45)43-23-28(4)44(24-27(43)3)40(46)34-22-38(30-19-15-26(2)16-20-30)42-36-12-8-6-10-32(34)36/h5-22,27-28H,23-24H2,1-4H3. The maximum absolute atomic E-state index is 14.3. The zero-order valence-electron chi connectivity index (χ0n) is 26.6. The van der Waals surface area contributed by atoms with Gasteiger partial charge in [0.2, 0.25) is 0 Å². The highest BCUT2D eigenvalue weighted by Crippen LogP contribution is 2.30. The van der Waals surface area contributed by atoms with E-state index in [-0.39, 0.29) is 23.9 Å². The van der Waals surface area contributed by atoms with Crippen molar-refractivity contribution in [2.45, 2.75) is 39.8 Å². The molecule has 2 aromatic heterocycles. The van der Waals surface area contributed by atoms with Crippen LogP contribution < -0.4 is 0 Å². The number of benzene rings is 4. The van der Waals surface area contributed by atoms with E-state index in [9.17, 15) is 9.59 Å². The van der Waals surface area contributed by atoms with E-state index >= 15 is 0 Å². The molecule has 6 nitrogen and oxygen atoms in total. The Bertz CT molecular complexity index is 1950. The molecule has 6 heteroatoms. The van der Waals surface area contributed by atoms with E-state index < -0.39 is 0 Å². The summed E-state index contributed by atoms with van der Waals surface area (Å²) in [6.07, 6.45) is 0. The highest BCUT2D eigenvalue weighted by molar-refractivity contribution is 6.09. The summed E-state index contributed by atoms with van der Waals surface area (Å²) >= 11 is 0. The average molecular weight is 605 g/mol. The number of fused-ring (bicyclic) bond motifs is 2. The quantitative estimate of drug-likeness (QED) is 0.204. The van der Waals surface area contributed by atoms with Gasteiger partial charge in [0.15, 0.2) is 0 Å². The Morgan fingerprint density at radius 2 is 0.935 bits per heavy atom. The van der Waals surface area contributed by atoms with Gasteiger partial charge in [-0.25, -0.2) is 9.97 Å². The maximum Gasteiger partial charge on any atom is 0.254 e. The number of rotatable bonds is 4. The van der Waals surface area contributed by atoms with E-state index in [1.807, 2.05) is 109 Å². The molecule has 0 N–H and O–H groups in total. The van der Waals surface area contributed by atoms with Gasteiger partial charge in [-0.3, -0.25) is 9.59 Å². The first kappa shape index (κ1) is 29.4. The molecule has 0 radical (unpaired) electrons. The Kier molecular flexibility index (Phi) is 7.57. The topological polar surface area (TPSA) is 66.4 Å². The second kappa shape index (κ2) is 11.9. The van der Waals surface area contributed by atoms with Gasteiger partial charge in [0.05, 0.1) is 33.5 Å². The third-order valence-electron chi connectivity index (χ3n) is 9.10. The first-order valence-electron chi connectivity index (χ1n) is 15.8. The van der Waals surface area contributed by atoms with Crippen molar-refractivity contribution in [3.63, 3.8) is 0 Å². The smallest absolute Gasteiger partial charge is 0.254 e. The van der Waals surface area contributed by atoms with Gasteiger partial charge in [0.25, 0.3) is 11.8 Å². The minimum absolute atomic E-state index is 0.0468. The van der Waals surface area contributed by atoms with Crippen LogP contribution in [-0.2, 0) is 0 Å². The fourth-order valence-corrected chi connectivity index (χ4v) is 6.45. The lowest BCUT2D eigenvalue weighted by atomic mass is 9.99. The summed E-state index contributed by atoms with van der Waals surface area (Å²) in [5, 5.41) is 1.65. The minimum atomic E-state index is -0.188. The molecule has 2 atom stereocenters. The van der Waals surface area contributed by atoms with Crippen LogP contribution in [0.4, 0.5) is 0 Å². The summed E-state index contributed by atoms with van der Waals surface area (Å²) in [5.74, 6) is -0.0937. The summed E-state index contributed by atoms with van der Waals surface area (Å²) < 4.78 is 0. The molecular formula is C40H36N4O2. The Labute approximate surface area is 269 Å². The zero-order valence-corrected chi connectivity index (χ0v) is 26.6. The Balaban J connectivity index is 1.20. The molecule has 46 heavy (non-hydrogen) atoms. The van der Waals surface area contributed by atoms with Crippen molar-refractivity contribution >= 4 is 33.6 Å². The molecule has 7 rings (SSSR count). The van der Waals surface area contributed by atoms with Gasteiger partial charge in [-0.15, -0.1) is 0 Å². The number of carbonyl (C=O) groups excluding carboxylic acids is 2. The Hall–Kier alpha value is -5.36. The lowest BCUT2D eigenvalue weighted by Crippen LogP contribution is -2.59. The lowest BCUT2D eigenvalue weighted by Gasteiger charge is -2.44. The highest BCUT2D eigenvalue weighted by atomic mass is 16.2. The fraction of sp³-hybridized carbons (Fsp3) is 0.200. The predicted molar refractivity (Wildman–Crippen MR) is 185 cm³/mol. The van der Waals surface area contributed by atoms with Crippen molar-refractivity contribution in [1.29, 1.82) is 0 Å². The van der Waals surface area contributed by atoms with Crippen LogP contribution >= 0.6 is 0 Å². The van der Waals surface area contributed by atoms with E-state index in [1.54, 1.807) is 0 Å². The molecule has 1 fully saturated rings. The number of pyridine rings is 2. The SMILES string of the molecule is Cc1ccc(-c2cc(C(=O)N3CC(C)N(C(=O)c4cc(-c5ccc(C)cc5)nc5ccccc45)CC3C)c3ccccc3n2)cc1. The van der Waals surface area contributed by atoms with Crippen molar-refractivity contribution in [1.82, 2.24) is 19.8 Å². The van der Waals surface area contributed by atoms with Crippen LogP contribution in [-0.4, -0.2) is 56.8 Å². The molecule has 0 spiro atoms. The zero-order chi connectivity index (χ0) is 31.9. The molecular weight excluding hydrogens is 568 g/mol. The maximum atomic E-state index is 14.3. The summed E-state index contributed by atoms with van der Waals surface area (Å²) in [4.78, 5) is 42.3. The van der Waals surface area contributed by atoms with E-state index in [1.165, 1.54) is 11.1 Å². The van der Waals surface area contributed by atoms with Crippen LogP contribution in [0.3, 0.4) is 0 Å². The third-order valence-corrected chi connectivity index (χ3v) is 9.10. The summed E-state index contributed by atoms with van der Waals surface area (Å²) in [7, 11) is 0. The first-order valence-corrected chi connectivity index (χ1v) is 15.8. The number of para-hydroxylation sites is 2. The van der Waals surface area contributed by atoms with Crippen LogP contribution in [0.5, 0.6) is 0 Å². The molecule has 2 amide bonds. The van der Waals surface area contributed by atoms with Gasteiger partial charge in [0.1, 0.15) is 0 Å². The van der Waals surface area contributed by atoms with E-state index in [0.29, 0.717) is 24.2 Å². The van der Waals surface area contributed by atoms with Gasteiger partial charge in [-0.1, -0.05) is 96.1 Å². The number of nitrogens with zero attached hydrogens (tertiary/aromatic N) is 4. The minimum Gasteiger partial charge on any atom is -0.332 e. The molecule has 0 aliphatic carbocycles. The Morgan fingerprint density at radius 3 is 1.33 bits per heavy atom. The van der Waals surface area contributed by atoms with Crippen LogP contribution in [0.15, 0.2) is 109 Å². The van der Waals surface area contributed by atoms with Crippen molar-refractivity contribution in [3.05, 3.63) is 131 Å². The number of piperazine rings is 1. The van der Waals surface area contributed by atoms with Gasteiger partial charge in [-0.2, -0.15) is 0 Å². The van der Waals surface area contributed by atoms with Crippen LogP contribution in [0.25, 0.3) is 44.3 Å². The van der Waals surface area contributed by atoms with Crippen molar-refractivity contribution in [2.24, 2.45) is 0 Å². The molecule has 1 aliphatic rings. The van der Waals surface area contributed by atoms with Gasteiger partial charge in [-0.05, 0) is 52.0 Å². The second-order valence-corrected chi connectivity index (χ2v) is 12.5. The van der Waals surface area contributed by atoms with Crippen LogP contribution in [0.1, 0.15) is 45.7 Å². The molecule has 1 aliphatic heterocycles. The van der Waals surface area contributed by atoms with Gasteiger partial charge >= 0.3 is 0 Å². The summed E-state index contributed by atoms with van der Waals surface area (Å²) in [6.45, 7) is 9.01. The number of aryl methyl sites for hydroxylation is 2. The average Bonchev–Trinajstić information content (AvgIpc) is 3.08. The van der Waals surface area contributed by atoms with Crippen molar-refractivity contribution in [3.8, 4) is 22.5 Å². The predicted octanol–water partition coefficient (Wildman–Crippen LogP) is 8.11. The van der Waals surface area contributed by atoms with Gasteiger partial charge < -0.3 is 9.80 Å². The number of hydrogen-bond donors (Lipinski definition) is 0. The molecule has 6 aromatic rings. The van der Waals surface area contributed by atoms with E-state index in [4.69, 9.17) is 9.97 Å². The van der Waals surface area contributed by atoms with Crippen molar-refractivity contribution < 1.29 is 9.59 Å². The third kappa shape index (κ3) is 5.40. The normalized spacial score (nSPS) is 16.6. The first-order chi connectivity index (χ1) is 22.3. The summed E-state index contributed by atoms with van der Waals surface area (Å²) in [5.41, 5.74) is 8.64. The van der Waals surface area contributed by atoms with Gasteiger partial charge in [0, 0.05) is 47.1 Å². The molecule has 1 saturated heterocycles. The molecule has 4 aromatic carbocycles. The van der Waals surface area contributed by atoms with E-state index in [0.717, 1.165) is 44.3 Å². The molecule has 228 valence electrons. The molecule has 0 saturated carbocycles. The Morgan fingerprint density at radius 1 is 0.565 bits per heavy atom. The molecule has 0 bridgehead atoms. The molecule has 3 heterocycles. The number of amides is 2. The van der Waals surface area contributed by atoms with E-state index in [2.05, 4.69) is 38.1 Å². The fourth-order valence-electron chi connectivity index (χ4n) is 6.45. The largest absolute Gasteiger partial charge is 0.332 e. The van der Waals surface area contributed by atoms with Crippen molar-refractivity contribution in [2.75, 3.05) is 13.1 Å². The van der Waals surface area contributed by atoms with Crippen LogP contribution in [0, 0.1) is 13.8 Å². The highest BCUT2D eigenvalue weighted by Gasteiger charge is 2.36. The van der Waals surface area contributed by atoms with Crippen LogP contribution in [0.2, 0.25) is 0 Å². The number of aromatic nitrogens is 2. The number of carbonyl (C=O) groups is 2.